The van der Waals surface area contributed by atoms with Crippen molar-refractivity contribution in [1.82, 2.24) is 0 Å². The fourth-order valence-electron chi connectivity index (χ4n) is 2.64. The van der Waals surface area contributed by atoms with Gasteiger partial charge in [0.05, 0.1) is 5.92 Å². The zero-order valence-electron chi connectivity index (χ0n) is 11.5. The third-order valence-corrected chi connectivity index (χ3v) is 3.58. The molecule has 4 nitrogen and oxygen atoms in total. The highest BCUT2D eigenvalue weighted by Crippen LogP contribution is 2.43. The summed E-state index contributed by atoms with van der Waals surface area (Å²) < 4.78 is 5.47. The minimum atomic E-state index is -0.278. The van der Waals surface area contributed by atoms with Crippen LogP contribution in [0.5, 0.6) is 11.5 Å². The monoisotopic (exact) mass is 278 g/mol. The van der Waals surface area contributed by atoms with Crippen molar-refractivity contribution in [3.63, 3.8) is 0 Å². The van der Waals surface area contributed by atoms with Crippen LogP contribution in [0.1, 0.15) is 22.6 Å². The first-order valence-corrected chi connectivity index (χ1v) is 6.57. The Morgan fingerprint density at radius 3 is 2.76 bits per heavy atom. The predicted molar refractivity (Wildman–Crippen MR) is 78.6 cm³/mol. The van der Waals surface area contributed by atoms with Crippen LogP contribution in [-0.4, -0.2) is 5.11 Å². The molecular formula is C17H14N2O2. The summed E-state index contributed by atoms with van der Waals surface area (Å²) in [7, 11) is 0. The van der Waals surface area contributed by atoms with Crippen LogP contribution in [0.25, 0.3) is 0 Å². The summed E-state index contributed by atoms with van der Waals surface area (Å²) in [6.07, 6.45) is 0. The molecule has 0 fully saturated rings. The van der Waals surface area contributed by atoms with Gasteiger partial charge in [-0.3, -0.25) is 0 Å². The molecule has 2 aromatic carbocycles. The molecule has 0 spiro atoms. The molecule has 2 aromatic rings. The standard InChI is InChI=1S/C17H14N2O2/c1-10-3-2-4-11(7-10)16-13-6-5-12(20)8-15(13)21-17(19)14(16)9-18/h2-8,16,20H,19H2,1H3/t16-/m0/s1. The molecule has 1 heterocycles. The number of phenolic OH excluding ortho intramolecular Hbond substituents is 1. The van der Waals surface area contributed by atoms with Gasteiger partial charge in [-0.2, -0.15) is 5.26 Å². The quantitative estimate of drug-likeness (QED) is 0.840. The average Bonchev–Trinajstić information content (AvgIpc) is 2.45. The van der Waals surface area contributed by atoms with Crippen molar-refractivity contribution in [3.05, 3.63) is 70.6 Å². The summed E-state index contributed by atoms with van der Waals surface area (Å²) in [5.41, 5.74) is 9.17. The third-order valence-electron chi connectivity index (χ3n) is 3.58. The molecule has 1 atom stereocenters. The molecule has 0 saturated heterocycles. The van der Waals surface area contributed by atoms with E-state index in [-0.39, 0.29) is 17.6 Å². The molecule has 3 N–H and O–H groups in total. The molecule has 1 aliphatic heterocycles. The third kappa shape index (κ3) is 2.19. The maximum atomic E-state index is 9.60. The van der Waals surface area contributed by atoms with Gasteiger partial charge < -0.3 is 15.6 Å². The van der Waals surface area contributed by atoms with Gasteiger partial charge in [0.25, 0.3) is 0 Å². The summed E-state index contributed by atoms with van der Waals surface area (Å²) in [5, 5.41) is 19.0. The topological polar surface area (TPSA) is 79.3 Å². The lowest BCUT2D eigenvalue weighted by Crippen LogP contribution is -2.21. The van der Waals surface area contributed by atoms with Crippen molar-refractivity contribution in [1.29, 1.82) is 5.26 Å². The van der Waals surface area contributed by atoms with Crippen LogP contribution in [0, 0.1) is 18.3 Å². The van der Waals surface area contributed by atoms with E-state index in [1.807, 2.05) is 31.2 Å². The highest BCUT2D eigenvalue weighted by molar-refractivity contribution is 5.57. The Morgan fingerprint density at radius 1 is 1.24 bits per heavy atom. The predicted octanol–water partition coefficient (Wildman–Crippen LogP) is 2.92. The Balaban J connectivity index is 2.24. The Kier molecular flexibility index (Phi) is 3.03. The normalized spacial score (nSPS) is 16.9. The Labute approximate surface area is 122 Å². The number of rotatable bonds is 1. The van der Waals surface area contributed by atoms with Crippen LogP contribution < -0.4 is 10.5 Å². The molecule has 21 heavy (non-hydrogen) atoms. The van der Waals surface area contributed by atoms with E-state index in [0.29, 0.717) is 11.3 Å². The van der Waals surface area contributed by atoms with Gasteiger partial charge in [0.2, 0.25) is 5.88 Å². The van der Waals surface area contributed by atoms with Gasteiger partial charge in [0.15, 0.2) is 0 Å². The van der Waals surface area contributed by atoms with Gasteiger partial charge in [0, 0.05) is 11.6 Å². The molecule has 0 saturated carbocycles. The number of hydrogen-bond acceptors (Lipinski definition) is 4. The second kappa shape index (κ2) is 4.88. The highest BCUT2D eigenvalue weighted by atomic mass is 16.5. The summed E-state index contributed by atoms with van der Waals surface area (Å²) in [6, 6.07) is 14.9. The second-order valence-electron chi connectivity index (χ2n) is 5.06. The molecule has 0 unspecified atom stereocenters. The van der Waals surface area contributed by atoms with E-state index in [4.69, 9.17) is 10.5 Å². The first-order chi connectivity index (χ1) is 10.1. The fraction of sp³-hybridized carbons (Fsp3) is 0.118. The van der Waals surface area contributed by atoms with E-state index >= 15 is 0 Å². The maximum Gasteiger partial charge on any atom is 0.205 e. The van der Waals surface area contributed by atoms with Crippen molar-refractivity contribution in [3.8, 4) is 17.6 Å². The van der Waals surface area contributed by atoms with E-state index in [2.05, 4.69) is 6.07 Å². The van der Waals surface area contributed by atoms with Gasteiger partial charge >= 0.3 is 0 Å². The molecule has 0 bridgehead atoms. The fourth-order valence-corrected chi connectivity index (χ4v) is 2.64. The van der Waals surface area contributed by atoms with Crippen molar-refractivity contribution >= 4 is 0 Å². The van der Waals surface area contributed by atoms with Crippen LogP contribution in [0.2, 0.25) is 0 Å². The molecular weight excluding hydrogens is 264 g/mol. The number of aryl methyl sites for hydroxylation is 1. The molecule has 0 amide bonds. The first-order valence-electron chi connectivity index (χ1n) is 6.57. The SMILES string of the molecule is Cc1cccc([C@@H]2C(C#N)=C(N)Oc3cc(O)ccc32)c1. The Bertz CT molecular complexity index is 788. The van der Waals surface area contributed by atoms with E-state index in [1.165, 1.54) is 6.07 Å². The molecule has 0 aliphatic carbocycles. The molecule has 4 heteroatoms. The van der Waals surface area contributed by atoms with Gasteiger partial charge in [-0.15, -0.1) is 0 Å². The zero-order valence-corrected chi connectivity index (χ0v) is 11.5. The number of nitriles is 1. The molecule has 104 valence electrons. The number of nitrogens with zero attached hydrogens (tertiary/aromatic N) is 1. The van der Waals surface area contributed by atoms with E-state index in [9.17, 15) is 10.4 Å². The lowest BCUT2D eigenvalue weighted by Gasteiger charge is -2.26. The zero-order chi connectivity index (χ0) is 15.0. The number of phenols is 1. The van der Waals surface area contributed by atoms with Crippen LogP contribution in [0.4, 0.5) is 0 Å². The summed E-state index contributed by atoms with van der Waals surface area (Å²) in [5.74, 6) is 0.393. The summed E-state index contributed by atoms with van der Waals surface area (Å²) in [6.45, 7) is 2.00. The van der Waals surface area contributed by atoms with E-state index in [0.717, 1.165) is 16.7 Å². The van der Waals surface area contributed by atoms with Crippen molar-refractivity contribution in [2.24, 2.45) is 5.73 Å². The van der Waals surface area contributed by atoms with Gasteiger partial charge in [-0.25, -0.2) is 0 Å². The lowest BCUT2D eigenvalue weighted by atomic mass is 9.83. The number of nitrogens with two attached hydrogens (primary N) is 1. The number of fused-ring (bicyclic) bond motifs is 1. The molecule has 1 aliphatic rings. The lowest BCUT2D eigenvalue weighted by molar-refractivity contribution is 0.388. The van der Waals surface area contributed by atoms with Crippen LogP contribution in [0.3, 0.4) is 0 Å². The van der Waals surface area contributed by atoms with Gasteiger partial charge in [-0.05, 0) is 18.6 Å². The number of aromatic hydroxyl groups is 1. The first kappa shape index (κ1) is 13.1. The van der Waals surface area contributed by atoms with E-state index < -0.39 is 0 Å². The number of benzene rings is 2. The van der Waals surface area contributed by atoms with Crippen LogP contribution in [0.15, 0.2) is 53.9 Å². The van der Waals surface area contributed by atoms with Crippen molar-refractivity contribution in [2.45, 2.75) is 12.8 Å². The second-order valence-corrected chi connectivity index (χ2v) is 5.06. The largest absolute Gasteiger partial charge is 0.508 e. The molecule has 0 aromatic heterocycles. The van der Waals surface area contributed by atoms with Crippen LogP contribution in [-0.2, 0) is 0 Å². The van der Waals surface area contributed by atoms with Gasteiger partial charge in [-0.1, -0.05) is 35.9 Å². The Morgan fingerprint density at radius 2 is 2.05 bits per heavy atom. The number of allylic oxidation sites excluding steroid dienone is 1. The van der Waals surface area contributed by atoms with Crippen molar-refractivity contribution < 1.29 is 9.84 Å². The average molecular weight is 278 g/mol. The minimum Gasteiger partial charge on any atom is -0.508 e. The van der Waals surface area contributed by atoms with Crippen molar-refractivity contribution in [2.75, 3.05) is 0 Å². The summed E-state index contributed by atoms with van der Waals surface area (Å²) in [4.78, 5) is 0. The Hall–Kier alpha value is -2.93. The van der Waals surface area contributed by atoms with Crippen LogP contribution >= 0.6 is 0 Å². The van der Waals surface area contributed by atoms with E-state index in [1.54, 1.807) is 12.1 Å². The highest BCUT2D eigenvalue weighted by Gasteiger charge is 2.30. The minimum absolute atomic E-state index is 0.0853. The number of ether oxygens (including phenoxy) is 1. The smallest absolute Gasteiger partial charge is 0.205 e. The van der Waals surface area contributed by atoms with Gasteiger partial charge in [0.1, 0.15) is 23.1 Å². The molecule has 0 radical (unpaired) electrons. The number of hydrogen-bond donors (Lipinski definition) is 2. The molecule has 3 rings (SSSR count). The summed E-state index contributed by atoms with van der Waals surface area (Å²) >= 11 is 0. The maximum absolute atomic E-state index is 9.60.